The van der Waals surface area contributed by atoms with Gasteiger partial charge in [-0.2, -0.15) is 0 Å². The summed E-state index contributed by atoms with van der Waals surface area (Å²) < 4.78 is 0. The molecule has 0 bridgehead atoms. The van der Waals surface area contributed by atoms with Crippen LogP contribution in [0.4, 0.5) is 0 Å². The van der Waals surface area contributed by atoms with Crippen LogP contribution in [0, 0.1) is 0 Å². The van der Waals surface area contributed by atoms with Gasteiger partial charge < -0.3 is 0 Å². The van der Waals surface area contributed by atoms with E-state index in [1.54, 1.807) is 24.3 Å². The Morgan fingerprint density at radius 3 is 2.07 bits per heavy atom. The molecule has 76 valence electrons. The van der Waals surface area contributed by atoms with Gasteiger partial charge in [-0.15, -0.1) is 0 Å². The molecule has 0 aliphatic heterocycles. The van der Waals surface area contributed by atoms with Crippen molar-refractivity contribution >= 4 is 12.1 Å². The molecule has 0 atom stereocenters. The van der Waals surface area contributed by atoms with Gasteiger partial charge in [0.25, 0.3) is 0 Å². The predicted octanol–water partition coefficient (Wildman–Crippen LogP) is 3.12. The van der Waals surface area contributed by atoms with Crippen LogP contribution in [0.2, 0.25) is 0 Å². The topological polar surface area (TPSA) is 34.1 Å². The smallest absolute Gasteiger partial charge is 0.162 e. The molecule has 0 radical (unpaired) electrons. The number of rotatable bonds is 3. The molecule has 2 nitrogen and oxygen atoms in total. The summed E-state index contributed by atoms with van der Waals surface area (Å²) in [5.74, 6) is 0.104. The van der Waals surface area contributed by atoms with E-state index in [9.17, 15) is 9.59 Å². The first-order chi connectivity index (χ1) is 6.77. The first-order valence-electron chi connectivity index (χ1n) is 4.86. The van der Waals surface area contributed by atoms with Crippen LogP contribution in [0.1, 0.15) is 47.9 Å². The molecule has 1 aromatic rings. The van der Waals surface area contributed by atoms with Crippen LogP contribution in [-0.2, 0) is 0 Å². The molecule has 0 amide bonds. The average molecular weight is 192 g/mol. The van der Waals surface area contributed by atoms with Crippen molar-refractivity contribution in [2.24, 2.45) is 0 Å². The van der Waals surface area contributed by atoms with Crippen LogP contribution >= 0.6 is 0 Å². The Morgan fingerprint density at radius 1 is 1.21 bits per heavy atom. The van der Waals surface area contributed by atoms with E-state index in [2.05, 4.69) is 0 Å². The van der Waals surface area contributed by atoms with Crippen LogP contribution in [-0.4, -0.2) is 12.1 Å². The van der Waals surface area contributed by atoms with E-state index in [4.69, 9.17) is 0 Å². The van der Waals surface area contributed by atoms with Crippen LogP contribution in [0.15, 0.2) is 24.3 Å². The number of hydrogen-bond donors (Lipinski definition) is 0. The highest BCUT2D eigenvalue weighted by Gasteiger charge is 2.00. The Morgan fingerprint density at radius 2 is 1.71 bits per heavy atom. The van der Waals surface area contributed by atoms with Crippen molar-refractivity contribution in [3.63, 3.8) is 0 Å². The van der Waals surface area contributed by atoms with Gasteiger partial charge in [-0.3, -0.25) is 9.59 Å². The monoisotopic (exact) mass is 192 g/mol. The van der Waals surface area contributed by atoms with E-state index in [1.807, 2.05) is 20.8 Å². The summed E-state index contributed by atoms with van der Waals surface area (Å²) in [5.41, 5.74) is 1.27. The van der Waals surface area contributed by atoms with E-state index in [1.165, 1.54) is 0 Å². The maximum absolute atomic E-state index is 11.1. The quantitative estimate of drug-likeness (QED) is 0.544. The van der Waals surface area contributed by atoms with Crippen molar-refractivity contribution in [3.05, 3.63) is 35.4 Å². The number of carbonyl (C=O) groups excluding carboxylic acids is 2. The Balaban J connectivity index is 0.000000791. The molecule has 0 aliphatic carbocycles. The first-order valence-corrected chi connectivity index (χ1v) is 4.86. The van der Waals surface area contributed by atoms with Crippen molar-refractivity contribution in [1.82, 2.24) is 0 Å². The number of aldehydes is 1. The number of Topliss-reactive ketones (excluding diaryl/α,β-unsaturated/α-hetero) is 1. The third-order valence-electron chi connectivity index (χ3n) is 1.69. The molecule has 1 rings (SSSR count). The van der Waals surface area contributed by atoms with Gasteiger partial charge in [-0.1, -0.05) is 45.0 Å². The van der Waals surface area contributed by atoms with Gasteiger partial charge in [0.2, 0.25) is 0 Å². The molecule has 0 saturated carbocycles. The highest BCUT2D eigenvalue weighted by Crippen LogP contribution is 2.04. The lowest BCUT2D eigenvalue weighted by molar-refractivity contribution is 0.0987. The van der Waals surface area contributed by atoms with E-state index < -0.39 is 0 Å². The lowest BCUT2D eigenvalue weighted by atomic mass is 10.1. The number of benzene rings is 1. The van der Waals surface area contributed by atoms with E-state index in [0.717, 1.165) is 6.29 Å². The van der Waals surface area contributed by atoms with E-state index in [-0.39, 0.29) is 5.78 Å². The fraction of sp³-hybridized carbons (Fsp3) is 0.333. The summed E-state index contributed by atoms with van der Waals surface area (Å²) in [6.45, 7) is 5.82. The van der Waals surface area contributed by atoms with Crippen LogP contribution < -0.4 is 0 Å². The van der Waals surface area contributed by atoms with Crippen molar-refractivity contribution in [2.45, 2.75) is 27.2 Å². The molecule has 0 unspecified atom stereocenters. The standard InChI is InChI=1S/C10H10O2.C2H6/c1-2-10(12)9-5-3-8(7-11)4-6-9;1-2/h3-7H,2H2,1H3;1-2H3. The summed E-state index contributed by atoms with van der Waals surface area (Å²) >= 11 is 0. The molecule has 0 aromatic heterocycles. The van der Waals surface area contributed by atoms with Crippen molar-refractivity contribution in [3.8, 4) is 0 Å². The first kappa shape index (κ1) is 12.6. The Bertz CT molecular complexity index is 286. The molecule has 1 aromatic carbocycles. The van der Waals surface area contributed by atoms with Crippen LogP contribution in [0.3, 0.4) is 0 Å². The molecule has 0 N–H and O–H groups in total. The third kappa shape index (κ3) is 3.52. The van der Waals surface area contributed by atoms with Crippen LogP contribution in [0.25, 0.3) is 0 Å². The highest BCUT2D eigenvalue weighted by molar-refractivity contribution is 5.96. The Hall–Kier alpha value is -1.44. The predicted molar refractivity (Wildman–Crippen MR) is 57.8 cm³/mol. The molecule has 2 heteroatoms. The number of carbonyl (C=O) groups is 2. The fourth-order valence-corrected chi connectivity index (χ4v) is 0.952. The van der Waals surface area contributed by atoms with Gasteiger partial charge in [-0.25, -0.2) is 0 Å². The normalized spacial score (nSPS) is 8.50. The van der Waals surface area contributed by atoms with Crippen LogP contribution in [0.5, 0.6) is 0 Å². The van der Waals surface area contributed by atoms with Gasteiger partial charge in [0.05, 0.1) is 0 Å². The zero-order valence-electron chi connectivity index (χ0n) is 8.91. The molecule has 0 fully saturated rings. The molecular formula is C12H16O2. The maximum Gasteiger partial charge on any atom is 0.162 e. The molecular weight excluding hydrogens is 176 g/mol. The van der Waals surface area contributed by atoms with E-state index in [0.29, 0.717) is 17.5 Å². The fourth-order valence-electron chi connectivity index (χ4n) is 0.952. The summed E-state index contributed by atoms with van der Waals surface area (Å²) in [4.78, 5) is 21.4. The molecule has 0 saturated heterocycles. The summed E-state index contributed by atoms with van der Waals surface area (Å²) in [6, 6.07) is 6.65. The van der Waals surface area contributed by atoms with E-state index >= 15 is 0 Å². The molecule has 0 spiro atoms. The largest absolute Gasteiger partial charge is 0.298 e. The number of hydrogen-bond acceptors (Lipinski definition) is 2. The maximum atomic E-state index is 11.1. The third-order valence-corrected chi connectivity index (χ3v) is 1.69. The highest BCUT2D eigenvalue weighted by atomic mass is 16.1. The van der Waals surface area contributed by atoms with Crippen molar-refractivity contribution < 1.29 is 9.59 Å². The second-order valence-corrected chi connectivity index (χ2v) is 2.52. The summed E-state index contributed by atoms with van der Waals surface area (Å²) in [5, 5.41) is 0. The zero-order valence-corrected chi connectivity index (χ0v) is 8.91. The SMILES string of the molecule is CC.CCC(=O)c1ccc(C=O)cc1. The second-order valence-electron chi connectivity index (χ2n) is 2.52. The average Bonchev–Trinajstić information content (AvgIpc) is 2.31. The second kappa shape index (κ2) is 7.01. The Labute approximate surface area is 84.9 Å². The minimum absolute atomic E-state index is 0.104. The molecule has 14 heavy (non-hydrogen) atoms. The Kier molecular flexibility index (Phi) is 6.29. The summed E-state index contributed by atoms with van der Waals surface area (Å²) in [6.07, 6.45) is 1.26. The van der Waals surface area contributed by atoms with Gasteiger partial charge in [-0.05, 0) is 0 Å². The molecule has 0 heterocycles. The summed E-state index contributed by atoms with van der Waals surface area (Å²) in [7, 11) is 0. The van der Waals surface area contributed by atoms with Crippen molar-refractivity contribution in [1.29, 1.82) is 0 Å². The van der Waals surface area contributed by atoms with Gasteiger partial charge >= 0.3 is 0 Å². The van der Waals surface area contributed by atoms with Gasteiger partial charge in [0.1, 0.15) is 6.29 Å². The lowest BCUT2D eigenvalue weighted by Gasteiger charge is -1.96. The van der Waals surface area contributed by atoms with Gasteiger partial charge in [0.15, 0.2) is 5.78 Å². The number of ketones is 1. The molecule has 0 aliphatic rings. The lowest BCUT2D eigenvalue weighted by Crippen LogP contribution is -1.95. The zero-order chi connectivity index (χ0) is 11.0. The minimum atomic E-state index is 0.104. The van der Waals surface area contributed by atoms with Gasteiger partial charge in [0, 0.05) is 17.5 Å². The minimum Gasteiger partial charge on any atom is -0.298 e. The van der Waals surface area contributed by atoms with Crippen molar-refractivity contribution in [2.75, 3.05) is 0 Å².